The maximum Gasteiger partial charge on any atom is 0.316 e. The van der Waals surface area contributed by atoms with Crippen molar-refractivity contribution in [2.45, 2.75) is 33.9 Å². The van der Waals surface area contributed by atoms with Gasteiger partial charge in [-0.25, -0.2) is 0 Å². The van der Waals surface area contributed by atoms with Gasteiger partial charge in [0.25, 0.3) is 5.91 Å². The normalized spacial score (nSPS) is 11.0. The smallest absolute Gasteiger partial charge is 0.316 e. The zero-order valence-electron chi connectivity index (χ0n) is 14.3. The lowest BCUT2D eigenvalue weighted by atomic mass is 10.1. The molecule has 25 heavy (non-hydrogen) atoms. The highest BCUT2D eigenvalue weighted by Crippen LogP contribution is 2.23. The second-order valence-corrected chi connectivity index (χ2v) is 6.63. The molecule has 6 nitrogen and oxygen atoms in total. The molecule has 0 radical (unpaired) electrons. The molecule has 0 aliphatic heterocycles. The Kier molecular flexibility index (Phi) is 4.59. The molecule has 1 aromatic carbocycles. The summed E-state index contributed by atoms with van der Waals surface area (Å²) < 4.78 is 2.92. The lowest BCUT2D eigenvalue weighted by Gasteiger charge is -2.16. The van der Waals surface area contributed by atoms with Crippen LogP contribution in [0.25, 0.3) is 11.0 Å². The zero-order valence-corrected chi connectivity index (χ0v) is 15.1. The monoisotopic (exact) mass is 357 g/mol. The van der Waals surface area contributed by atoms with Crippen LogP contribution in [0.2, 0.25) is 0 Å². The van der Waals surface area contributed by atoms with Crippen LogP contribution in [0.3, 0.4) is 0 Å². The van der Waals surface area contributed by atoms with Crippen LogP contribution in [0.4, 0.5) is 5.69 Å². The van der Waals surface area contributed by atoms with Crippen molar-refractivity contribution in [2.24, 2.45) is 0 Å². The molecule has 0 unspecified atom stereocenters. The van der Waals surface area contributed by atoms with Gasteiger partial charge in [-0.1, -0.05) is 6.07 Å². The summed E-state index contributed by atoms with van der Waals surface area (Å²) in [5.74, 6) is -0.188. The number of aromatic nitrogens is 2. The van der Waals surface area contributed by atoms with Gasteiger partial charge in [0.15, 0.2) is 0 Å². The zero-order chi connectivity index (χ0) is 18.1. The molecule has 7 heteroatoms. The number of aryl methyl sites for hydroxylation is 3. The summed E-state index contributed by atoms with van der Waals surface area (Å²) >= 11 is 1.37. The van der Waals surface area contributed by atoms with Gasteiger partial charge >= 0.3 is 11.1 Å². The fourth-order valence-corrected chi connectivity index (χ4v) is 3.54. The predicted molar refractivity (Wildman–Crippen MR) is 101 cm³/mol. The Bertz CT molecular complexity index is 1060. The second kappa shape index (κ2) is 6.68. The van der Waals surface area contributed by atoms with Gasteiger partial charge in [-0.15, -0.1) is 11.3 Å². The molecule has 3 rings (SSSR count). The van der Waals surface area contributed by atoms with E-state index >= 15 is 0 Å². The maximum absolute atomic E-state index is 12.3. The topological polar surface area (TPSA) is 73.1 Å². The third kappa shape index (κ3) is 2.91. The van der Waals surface area contributed by atoms with E-state index in [1.165, 1.54) is 20.5 Å². The number of nitrogens with one attached hydrogen (secondary N) is 1. The van der Waals surface area contributed by atoms with Crippen LogP contribution in [-0.2, 0) is 13.1 Å². The molecule has 3 aromatic rings. The summed E-state index contributed by atoms with van der Waals surface area (Å²) in [7, 11) is 0. The highest BCUT2D eigenvalue weighted by molar-refractivity contribution is 7.12. The van der Waals surface area contributed by atoms with Crippen LogP contribution in [-0.4, -0.2) is 15.0 Å². The number of fused-ring (bicyclic) bond motifs is 1. The van der Waals surface area contributed by atoms with E-state index in [4.69, 9.17) is 0 Å². The Morgan fingerprint density at radius 3 is 2.20 bits per heavy atom. The highest BCUT2D eigenvalue weighted by Gasteiger charge is 2.15. The minimum absolute atomic E-state index is 0.188. The van der Waals surface area contributed by atoms with E-state index < -0.39 is 11.1 Å². The Morgan fingerprint density at radius 1 is 1.08 bits per heavy atom. The summed E-state index contributed by atoms with van der Waals surface area (Å²) in [5, 5.41) is 4.74. The average Bonchev–Trinajstić information content (AvgIpc) is 3.13. The van der Waals surface area contributed by atoms with Crippen molar-refractivity contribution in [3.8, 4) is 0 Å². The molecule has 0 spiro atoms. The number of carbonyl (C=O) groups excluding carboxylic acids is 1. The Labute approximate surface area is 148 Å². The van der Waals surface area contributed by atoms with Crippen LogP contribution >= 0.6 is 11.3 Å². The minimum atomic E-state index is -0.545. The van der Waals surface area contributed by atoms with E-state index in [1.54, 1.807) is 12.1 Å². The first kappa shape index (κ1) is 17.2. The number of amides is 1. The lowest BCUT2D eigenvalue weighted by molar-refractivity contribution is 0.103. The Morgan fingerprint density at radius 2 is 1.68 bits per heavy atom. The van der Waals surface area contributed by atoms with E-state index in [0.717, 1.165) is 5.56 Å². The molecule has 0 saturated carbocycles. The lowest BCUT2D eigenvalue weighted by Crippen LogP contribution is -2.41. The number of thiophene rings is 1. The van der Waals surface area contributed by atoms with Crippen LogP contribution < -0.4 is 16.4 Å². The van der Waals surface area contributed by atoms with Crippen molar-refractivity contribution in [3.05, 3.63) is 60.8 Å². The molecule has 0 aliphatic carbocycles. The van der Waals surface area contributed by atoms with Gasteiger partial charge in [0, 0.05) is 18.8 Å². The van der Waals surface area contributed by atoms with E-state index in [1.807, 2.05) is 38.3 Å². The molecular formula is C18H19N3O3S. The van der Waals surface area contributed by atoms with Gasteiger partial charge in [0.2, 0.25) is 0 Å². The number of anilines is 1. The number of nitrogens with zero attached hydrogens (tertiary/aromatic N) is 2. The van der Waals surface area contributed by atoms with Crippen LogP contribution in [0.5, 0.6) is 0 Å². The Balaban J connectivity index is 2.21. The SMILES string of the molecule is CCn1c(=O)c(=O)n(CC)c2cc(NC(=O)c3cccs3)c(C)cc21. The third-order valence-electron chi connectivity index (χ3n) is 4.20. The molecule has 0 bridgehead atoms. The maximum atomic E-state index is 12.3. The first-order valence-electron chi connectivity index (χ1n) is 8.10. The number of benzene rings is 1. The van der Waals surface area contributed by atoms with Crippen LogP contribution in [0.15, 0.2) is 39.2 Å². The molecule has 0 aliphatic rings. The van der Waals surface area contributed by atoms with Gasteiger partial charge < -0.3 is 14.5 Å². The van der Waals surface area contributed by atoms with E-state index in [9.17, 15) is 14.4 Å². The molecule has 0 saturated heterocycles. The summed E-state index contributed by atoms with van der Waals surface area (Å²) in [4.78, 5) is 37.6. The standard InChI is InChI=1S/C18H19N3O3S/c1-4-20-13-9-11(3)12(19-16(22)15-7-6-8-25-15)10-14(13)21(5-2)18(24)17(20)23/h6-10H,4-5H2,1-3H3,(H,19,22). The summed E-state index contributed by atoms with van der Waals surface area (Å²) in [6.07, 6.45) is 0. The molecule has 1 N–H and O–H groups in total. The Hall–Kier alpha value is -2.67. The van der Waals surface area contributed by atoms with Gasteiger partial charge in [0.1, 0.15) is 0 Å². The van der Waals surface area contributed by atoms with Crippen molar-refractivity contribution in [2.75, 3.05) is 5.32 Å². The van der Waals surface area contributed by atoms with Gasteiger partial charge in [0.05, 0.1) is 15.9 Å². The van der Waals surface area contributed by atoms with Gasteiger partial charge in [-0.3, -0.25) is 14.4 Å². The molecule has 0 fully saturated rings. The molecular weight excluding hydrogens is 338 g/mol. The summed E-state index contributed by atoms with van der Waals surface area (Å²) in [6.45, 7) is 6.32. The highest BCUT2D eigenvalue weighted by atomic mass is 32.1. The second-order valence-electron chi connectivity index (χ2n) is 5.69. The van der Waals surface area contributed by atoms with Crippen molar-refractivity contribution in [1.82, 2.24) is 9.13 Å². The van der Waals surface area contributed by atoms with E-state index in [2.05, 4.69) is 5.32 Å². The number of hydrogen-bond donors (Lipinski definition) is 1. The average molecular weight is 357 g/mol. The number of rotatable bonds is 4. The fourth-order valence-electron chi connectivity index (χ4n) is 2.92. The first-order valence-corrected chi connectivity index (χ1v) is 8.98. The minimum Gasteiger partial charge on any atom is -0.321 e. The van der Waals surface area contributed by atoms with Crippen molar-refractivity contribution >= 4 is 34.0 Å². The van der Waals surface area contributed by atoms with E-state index in [-0.39, 0.29) is 5.91 Å². The van der Waals surface area contributed by atoms with E-state index in [0.29, 0.717) is 34.7 Å². The van der Waals surface area contributed by atoms with Crippen LogP contribution in [0, 0.1) is 6.92 Å². The summed E-state index contributed by atoms with van der Waals surface area (Å²) in [6, 6.07) is 7.19. The molecule has 130 valence electrons. The van der Waals surface area contributed by atoms with Gasteiger partial charge in [-0.05, 0) is 49.9 Å². The molecule has 1 amide bonds. The van der Waals surface area contributed by atoms with Crippen LogP contribution in [0.1, 0.15) is 29.1 Å². The molecule has 2 heterocycles. The van der Waals surface area contributed by atoms with Gasteiger partial charge in [-0.2, -0.15) is 0 Å². The quantitative estimate of drug-likeness (QED) is 0.730. The first-order chi connectivity index (χ1) is 12.0. The summed E-state index contributed by atoms with van der Waals surface area (Å²) in [5.41, 5.74) is 1.73. The molecule has 0 atom stereocenters. The van der Waals surface area contributed by atoms with Crippen molar-refractivity contribution in [3.63, 3.8) is 0 Å². The number of hydrogen-bond acceptors (Lipinski definition) is 4. The predicted octanol–water partition coefficient (Wildman–Crippen LogP) is 2.83. The number of carbonyl (C=O) groups is 1. The molecule has 2 aromatic heterocycles. The fraction of sp³-hybridized carbons (Fsp3) is 0.278. The third-order valence-corrected chi connectivity index (χ3v) is 5.07. The largest absolute Gasteiger partial charge is 0.321 e. The van der Waals surface area contributed by atoms with Crippen molar-refractivity contribution in [1.29, 1.82) is 0 Å². The van der Waals surface area contributed by atoms with Crippen molar-refractivity contribution < 1.29 is 4.79 Å².